The molecule has 32 heavy (non-hydrogen) atoms. The van der Waals surface area contributed by atoms with Crippen molar-refractivity contribution in [2.75, 3.05) is 4.31 Å². The Labute approximate surface area is 192 Å². The van der Waals surface area contributed by atoms with Gasteiger partial charge in [0.15, 0.2) is 5.28 Å². The van der Waals surface area contributed by atoms with Crippen LogP contribution in [0.5, 0.6) is 0 Å². The third-order valence-corrected chi connectivity index (χ3v) is 9.71. The van der Waals surface area contributed by atoms with Gasteiger partial charge in [-0.15, -0.1) is 0 Å². The number of hydrogen-bond donors (Lipinski definition) is 2. The first-order valence-electron chi connectivity index (χ1n) is 9.81. The van der Waals surface area contributed by atoms with Gasteiger partial charge in [-0.05, 0) is 42.5 Å². The van der Waals surface area contributed by atoms with Crippen LogP contribution in [0.15, 0.2) is 65.6 Å². The highest BCUT2D eigenvalue weighted by Crippen LogP contribution is 2.59. The predicted octanol–water partition coefficient (Wildman–Crippen LogP) is 5.25. The van der Waals surface area contributed by atoms with Crippen LogP contribution in [-0.4, -0.2) is 23.5 Å². The lowest BCUT2D eigenvalue weighted by Gasteiger charge is -2.43. The fourth-order valence-corrected chi connectivity index (χ4v) is 7.91. The number of halogens is 1. The summed E-state index contributed by atoms with van der Waals surface area (Å²) in [7, 11) is -9.57. The van der Waals surface area contributed by atoms with Gasteiger partial charge in [0.25, 0.3) is 10.0 Å². The Morgan fingerprint density at radius 2 is 1.69 bits per heavy atom. The fourth-order valence-electron chi connectivity index (χ4n) is 3.91. The van der Waals surface area contributed by atoms with Crippen molar-refractivity contribution < 1.29 is 22.8 Å². The smallest absolute Gasteiger partial charge is 0.323 e. The van der Waals surface area contributed by atoms with E-state index in [9.17, 15) is 28.0 Å². The van der Waals surface area contributed by atoms with Crippen LogP contribution in [0.2, 0.25) is 5.02 Å². The Morgan fingerprint density at radius 1 is 1.06 bits per heavy atom. The number of nitriles is 1. The molecule has 0 saturated heterocycles. The summed E-state index contributed by atoms with van der Waals surface area (Å²) in [5.74, 6) is 0. The number of rotatable bonds is 7. The molecule has 3 rings (SSSR count). The number of anilines is 1. The van der Waals surface area contributed by atoms with Crippen molar-refractivity contribution in [3.05, 3.63) is 71.2 Å². The second kappa shape index (κ2) is 8.86. The Kier molecular flexibility index (Phi) is 6.71. The first kappa shape index (κ1) is 24.2. The van der Waals surface area contributed by atoms with E-state index in [0.29, 0.717) is 10.8 Å². The minimum Gasteiger partial charge on any atom is -0.323 e. The molecule has 0 saturated carbocycles. The van der Waals surface area contributed by atoms with Crippen molar-refractivity contribution in [1.29, 1.82) is 5.26 Å². The van der Waals surface area contributed by atoms with Crippen molar-refractivity contribution in [3.8, 4) is 6.07 Å². The van der Waals surface area contributed by atoms with Gasteiger partial charge in [-0.3, -0.25) is 4.57 Å². The fraction of sp³-hybridized carbons (Fsp3) is 0.227. The number of nitrogens with zero attached hydrogens (tertiary/aromatic N) is 2. The third-order valence-electron chi connectivity index (χ3n) is 5.58. The van der Waals surface area contributed by atoms with Gasteiger partial charge in [-0.2, -0.15) is 5.26 Å². The summed E-state index contributed by atoms with van der Waals surface area (Å²) in [6.45, 7) is 3.07. The highest BCUT2D eigenvalue weighted by Gasteiger charge is 2.54. The maximum Gasteiger partial charge on any atom is 0.351 e. The van der Waals surface area contributed by atoms with Crippen LogP contribution < -0.4 is 4.31 Å². The predicted molar refractivity (Wildman–Crippen MR) is 125 cm³/mol. The molecule has 0 heterocycles. The monoisotopic (exact) mass is 492 g/mol. The summed E-state index contributed by atoms with van der Waals surface area (Å²) in [6, 6.07) is 17.4. The average Bonchev–Trinajstić information content (AvgIpc) is 2.75. The molecule has 7 nitrogen and oxygen atoms in total. The molecule has 2 N–H and O–H groups in total. The first-order valence-corrected chi connectivity index (χ1v) is 13.2. The second-order valence-corrected chi connectivity index (χ2v) is 11.4. The van der Waals surface area contributed by atoms with Crippen LogP contribution in [0.3, 0.4) is 0 Å². The highest BCUT2D eigenvalue weighted by molar-refractivity contribution is 7.93. The van der Waals surface area contributed by atoms with E-state index >= 15 is 0 Å². The van der Waals surface area contributed by atoms with E-state index in [1.54, 1.807) is 36.4 Å². The normalized spacial score (nSPS) is 12.5. The van der Waals surface area contributed by atoms with Gasteiger partial charge in [0.2, 0.25) is 0 Å². The molecule has 0 spiro atoms. The largest absolute Gasteiger partial charge is 0.351 e. The van der Waals surface area contributed by atoms with Gasteiger partial charge in [-0.25, -0.2) is 12.7 Å². The van der Waals surface area contributed by atoms with Gasteiger partial charge in [-0.1, -0.05) is 61.8 Å². The molecule has 0 unspecified atom stereocenters. The minimum absolute atomic E-state index is 0.0173. The number of hydrogen-bond acceptors (Lipinski definition) is 4. The standard InChI is InChI=1S/C22H22ClN2O5PS/c1-3-22(4-2,31(26,27)28)25(21-11-7-9-17-8-5-6-10-20(17)21)32(29,30)19-13-16(15-24)12-18(23)14-19/h5-14H,3-4H2,1-2H3,(H2,26,27,28). The topological polar surface area (TPSA) is 119 Å². The van der Waals surface area contributed by atoms with E-state index in [0.717, 1.165) is 10.4 Å². The molecule has 0 atom stereocenters. The molecule has 0 radical (unpaired) electrons. The van der Waals surface area contributed by atoms with E-state index in [1.165, 1.54) is 32.0 Å². The van der Waals surface area contributed by atoms with Gasteiger partial charge in [0.1, 0.15) is 0 Å². The van der Waals surface area contributed by atoms with Crippen LogP contribution in [0.25, 0.3) is 10.8 Å². The van der Waals surface area contributed by atoms with E-state index in [4.69, 9.17) is 11.6 Å². The summed E-state index contributed by atoms with van der Waals surface area (Å²) < 4.78 is 41.7. The van der Waals surface area contributed by atoms with E-state index in [2.05, 4.69) is 0 Å². The number of sulfonamides is 1. The average molecular weight is 493 g/mol. The maximum atomic E-state index is 14.0. The lowest BCUT2D eigenvalue weighted by Crippen LogP contribution is -2.51. The molecule has 168 valence electrons. The molecule has 3 aromatic rings. The maximum absolute atomic E-state index is 14.0. The molecule has 3 aromatic carbocycles. The first-order chi connectivity index (χ1) is 15.0. The zero-order chi connectivity index (χ0) is 23.7. The lowest BCUT2D eigenvalue weighted by molar-refractivity contribution is 0.317. The number of fused-ring (bicyclic) bond motifs is 1. The summed E-state index contributed by atoms with van der Waals surface area (Å²) in [5.41, 5.74) is 0.150. The van der Waals surface area contributed by atoms with Gasteiger partial charge in [0.05, 0.1) is 22.2 Å². The SMILES string of the molecule is CCC(CC)(N(c1cccc2ccccc12)S(=O)(=O)c1cc(Cl)cc(C#N)c1)P(=O)(O)O. The second-order valence-electron chi connectivity index (χ2n) is 7.29. The lowest BCUT2D eigenvalue weighted by atomic mass is 10.1. The molecular weight excluding hydrogens is 471 g/mol. The van der Waals surface area contributed by atoms with Crippen LogP contribution in [0, 0.1) is 11.3 Å². The summed E-state index contributed by atoms with van der Waals surface area (Å²) in [6.07, 6.45) is -0.302. The summed E-state index contributed by atoms with van der Waals surface area (Å²) >= 11 is 6.06. The summed E-state index contributed by atoms with van der Waals surface area (Å²) in [4.78, 5) is 20.5. The van der Waals surface area contributed by atoms with Crippen LogP contribution in [0.4, 0.5) is 5.69 Å². The molecule has 0 aliphatic carbocycles. The molecule has 0 aliphatic heterocycles. The van der Waals surface area contributed by atoms with Crippen molar-refractivity contribution in [3.63, 3.8) is 0 Å². The van der Waals surface area contributed by atoms with Crippen molar-refractivity contribution in [2.24, 2.45) is 0 Å². The van der Waals surface area contributed by atoms with Crippen LogP contribution >= 0.6 is 19.2 Å². The Balaban J connectivity index is 2.47. The number of benzene rings is 3. The Hall–Kier alpha value is -2.40. The van der Waals surface area contributed by atoms with Crippen LogP contribution in [-0.2, 0) is 14.6 Å². The zero-order valence-corrected chi connectivity index (χ0v) is 19.9. The van der Waals surface area contributed by atoms with Crippen molar-refractivity contribution >= 4 is 45.7 Å². The van der Waals surface area contributed by atoms with Gasteiger partial charge in [0, 0.05) is 10.4 Å². The molecule has 0 amide bonds. The van der Waals surface area contributed by atoms with Crippen molar-refractivity contribution in [1.82, 2.24) is 0 Å². The molecule has 0 bridgehead atoms. The minimum atomic E-state index is -5.01. The quantitative estimate of drug-likeness (QED) is 0.434. The van der Waals surface area contributed by atoms with Gasteiger partial charge < -0.3 is 9.79 Å². The van der Waals surface area contributed by atoms with Crippen molar-refractivity contribution in [2.45, 2.75) is 36.9 Å². The van der Waals surface area contributed by atoms with E-state index < -0.39 is 22.9 Å². The molecule has 0 aromatic heterocycles. The Bertz CT molecular complexity index is 1350. The van der Waals surface area contributed by atoms with E-state index in [1.807, 2.05) is 6.07 Å². The molecular formula is C22H22ClN2O5PS. The Morgan fingerprint density at radius 3 is 2.28 bits per heavy atom. The molecule has 10 heteroatoms. The molecule has 0 fully saturated rings. The third kappa shape index (κ3) is 4.03. The zero-order valence-electron chi connectivity index (χ0n) is 17.4. The highest BCUT2D eigenvalue weighted by atomic mass is 35.5. The van der Waals surface area contributed by atoms with E-state index in [-0.39, 0.29) is 34.0 Å². The summed E-state index contributed by atoms with van der Waals surface area (Å²) in [5, 5.41) is 8.49. The van der Waals surface area contributed by atoms with Crippen LogP contribution in [0.1, 0.15) is 32.3 Å². The van der Waals surface area contributed by atoms with Gasteiger partial charge >= 0.3 is 7.60 Å². The molecule has 0 aliphatic rings.